The zero-order valence-electron chi connectivity index (χ0n) is 19.5. The van der Waals surface area contributed by atoms with Crippen LogP contribution in [0.5, 0.6) is 11.5 Å². The first-order chi connectivity index (χ1) is 16.9. The number of anilines is 1. The Morgan fingerprint density at radius 1 is 1.00 bits per heavy atom. The number of methoxy groups -OCH3 is 1. The average molecular weight is 487 g/mol. The van der Waals surface area contributed by atoms with E-state index in [4.69, 9.17) is 24.4 Å². The van der Waals surface area contributed by atoms with Crippen LogP contribution in [0.15, 0.2) is 66.7 Å². The van der Waals surface area contributed by atoms with Crippen LogP contribution in [0.2, 0.25) is 0 Å². The van der Waals surface area contributed by atoms with Crippen LogP contribution in [0, 0.1) is 0 Å². The summed E-state index contributed by atoms with van der Waals surface area (Å²) < 4.78 is 16.6. The predicted molar refractivity (Wildman–Crippen MR) is 129 cm³/mol. The predicted octanol–water partition coefficient (Wildman–Crippen LogP) is 3.50. The fraction of sp³-hybridized carbons (Fsp3) is 0.320. The Kier molecular flexibility index (Phi) is 11.6. The van der Waals surface area contributed by atoms with Crippen molar-refractivity contribution in [2.75, 3.05) is 38.7 Å². The van der Waals surface area contributed by atoms with Crippen LogP contribution in [0.1, 0.15) is 12.8 Å². The normalized spacial score (nSPS) is 15.1. The highest BCUT2D eigenvalue weighted by Gasteiger charge is 2.24. The lowest BCUT2D eigenvalue weighted by atomic mass is 10.3. The third kappa shape index (κ3) is 11.1. The highest BCUT2D eigenvalue weighted by Crippen LogP contribution is 2.28. The topological polar surface area (TPSA) is 135 Å². The van der Waals surface area contributed by atoms with E-state index in [0.29, 0.717) is 18.8 Å². The van der Waals surface area contributed by atoms with Gasteiger partial charge in [-0.25, -0.2) is 14.4 Å². The summed E-state index contributed by atoms with van der Waals surface area (Å²) in [6.45, 7) is 3.13. The standard InChI is InChI=1S/C21H26N2O4.C4H4O4/c1-25-19-10-5-6-11-20(19)27-18-12-14-23(16-18)13-7-15-26-21(24)22-17-8-3-2-4-9-17;5-3(6)1-2-4(7)8/h2-6,8-11,18H,7,12-16H2,1H3,(H,22,24);1-2H,(H,5,6)(H,7,8). The molecule has 3 rings (SSSR count). The van der Waals surface area contributed by atoms with Crippen LogP contribution in [0.4, 0.5) is 10.5 Å². The monoisotopic (exact) mass is 486 g/mol. The van der Waals surface area contributed by atoms with Crippen molar-refractivity contribution in [1.82, 2.24) is 4.90 Å². The van der Waals surface area contributed by atoms with Gasteiger partial charge in [0.2, 0.25) is 0 Å². The van der Waals surface area contributed by atoms with Crippen LogP contribution < -0.4 is 14.8 Å². The molecule has 0 saturated carbocycles. The molecule has 188 valence electrons. The number of carbonyl (C=O) groups excluding carboxylic acids is 1. The van der Waals surface area contributed by atoms with Gasteiger partial charge in [-0.2, -0.15) is 0 Å². The number of benzene rings is 2. The summed E-state index contributed by atoms with van der Waals surface area (Å²) in [6, 6.07) is 17.0. The molecule has 1 amide bonds. The number of para-hydroxylation sites is 3. The van der Waals surface area contributed by atoms with Gasteiger partial charge in [-0.05, 0) is 37.1 Å². The zero-order chi connectivity index (χ0) is 25.5. The number of rotatable bonds is 10. The van der Waals surface area contributed by atoms with Gasteiger partial charge in [-0.3, -0.25) is 10.2 Å². The molecule has 3 N–H and O–H groups in total. The third-order valence-electron chi connectivity index (χ3n) is 4.83. The molecule has 1 heterocycles. The molecule has 35 heavy (non-hydrogen) atoms. The van der Waals surface area contributed by atoms with Crippen molar-refractivity contribution in [3.8, 4) is 11.5 Å². The fourth-order valence-corrected chi connectivity index (χ4v) is 3.26. The molecule has 2 aromatic rings. The molecule has 0 bridgehead atoms. The van der Waals surface area contributed by atoms with E-state index in [2.05, 4.69) is 10.2 Å². The first kappa shape index (κ1) is 27.2. The van der Waals surface area contributed by atoms with Crippen molar-refractivity contribution in [3.05, 3.63) is 66.7 Å². The molecule has 0 spiro atoms. The Morgan fingerprint density at radius 3 is 2.26 bits per heavy atom. The van der Waals surface area contributed by atoms with Gasteiger partial charge in [-0.1, -0.05) is 30.3 Å². The number of hydrogen-bond acceptors (Lipinski definition) is 7. The SMILES string of the molecule is COc1ccccc1OC1CCN(CCCOC(=O)Nc2ccccc2)C1.O=C(O)C=CC(=O)O. The van der Waals surface area contributed by atoms with E-state index in [-0.39, 0.29) is 6.10 Å². The van der Waals surface area contributed by atoms with E-state index in [1.54, 1.807) is 7.11 Å². The quantitative estimate of drug-likeness (QED) is 0.341. The van der Waals surface area contributed by atoms with Crippen molar-refractivity contribution in [1.29, 1.82) is 0 Å². The van der Waals surface area contributed by atoms with Gasteiger partial charge in [0.15, 0.2) is 11.5 Å². The highest BCUT2D eigenvalue weighted by molar-refractivity contribution is 5.89. The van der Waals surface area contributed by atoms with Gasteiger partial charge in [0.25, 0.3) is 0 Å². The Bertz CT molecular complexity index is 964. The minimum absolute atomic E-state index is 0.156. The first-order valence-corrected chi connectivity index (χ1v) is 11.0. The maximum absolute atomic E-state index is 11.7. The molecule has 1 unspecified atom stereocenters. The van der Waals surface area contributed by atoms with Crippen molar-refractivity contribution in [2.24, 2.45) is 0 Å². The number of amides is 1. The minimum atomic E-state index is -1.26. The summed E-state index contributed by atoms with van der Waals surface area (Å²) in [5, 5.41) is 18.3. The van der Waals surface area contributed by atoms with Crippen LogP contribution in [0.3, 0.4) is 0 Å². The number of likely N-dealkylation sites (tertiary alicyclic amines) is 1. The first-order valence-electron chi connectivity index (χ1n) is 11.0. The van der Waals surface area contributed by atoms with Crippen molar-refractivity contribution in [2.45, 2.75) is 18.9 Å². The molecule has 0 aliphatic carbocycles. The second kappa shape index (κ2) is 15.0. The van der Waals surface area contributed by atoms with Gasteiger partial charge in [-0.15, -0.1) is 0 Å². The fourth-order valence-electron chi connectivity index (χ4n) is 3.26. The van der Waals surface area contributed by atoms with Crippen molar-refractivity contribution >= 4 is 23.7 Å². The molecule has 10 heteroatoms. The van der Waals surface area contributed by atoms with Gasteiger partial charge < -0.3 is 24.4 Å². The summed E-state index contributed by atoms with van der Waals surface area (Å²) in [7, 11) is 1.65. The molecular formula is C25H30N2O8. The Morgan fingerprint density at radius 2 is 1.63 bits per heavy atom. The van der Waals surface area contributed by atoms with E-state index >= 15 is 0 Å². The van der Waals surface area contributed by atoms with Crippen LogP contribution in [-0.4, -0.2) is 72.6 Å². The number of carbonyl (C=O) groups is 3. The third-order valence-corrected chi connectivity index (χ3v) is 4.83. The number of hydrogen-bond donors (Lipinski definition) is 3. The van der Waals surface area contributed by atoms with E-state index in [0.717, 1.165) is 49.7 Å². The minimum Gasteiger partial charge on any atom is -0.493 e. The summed E-state index contributed by atoms with van der Waals surface area (Å²) in [4.78, 5) is 33.2. The smallest absolute Gasteiger partial charge is 0.411 e. The maximum atomic E-state index is 11.7. The van der Waals surface area contributed by atoms with Crippen LogP contribution in [-0.2, 0) is 14.3 Å². The molecule has 1 fully saturated rings. The van der Waals surface area contributed by atoms with Gasteiger partial charge >= 0.3 is 18.0 Å². The van der Waals surface area contributed by atoms with Gasteiger partial charge in [0.1, 0.15) is 6.10 Å². The lowest BCUT2D eigenvalue weighted by Gasteiger charge is -2.18. The van der Waals surface area contributed by atoms with Gasteiger partial charge in [0, 0.05) is 37.5 Å². The Balaban J connectivity index is 0.000000466. The Hall–Kier alpha value is -4.05. The molecule has 2 aromatic carbocycles. The van der Waals surface area contributed by atoms with Gasteiger partial charge in [0.05, 0.1) is 13.7 Å². The van der Waals surface area contributed by atoms with Crippen LogP contribution in [0.25, 0.3) is 0 Å². The van der Waals surface area contributed by atoms with E-state index < -0.39 is 18.0 Å². The molecule has 1 aliphatic heterocycles. The lowest BCUT2D eigenvalue weighted by molar-refractivity contribution is -0.134. The number of carboxylic acid groups (broad SMARTS) is 2. The molecule has 1 aliphatic rings. The number of nitrogens with zero attached hydrogens (tertiary/aromatic N) is 1. The summed E-state index contributed by atoms with van der Waals surface area (Å²) in [6.07, 6.45) is 2.63. The second-order valence-electron chi connectivity index (χ2n) is 7.47. The van der Waals surface area contributed by atoms with E-state index in [1.165, 1.54) is 0 Å². The highest BCUT2D eigenvalue weighted by atomic mass is 16.5. The van der Waals surface area contributed by atoms with Crippen molar-refractivity contribution < 1.29 is 38.8 Å². The Labute approximate surface area is 203 Å². The van der Waals surface area contributed by atoms with E-state index in [1.807, 2.05) is 54.6 Å². The molecule has 1 atom stereocenters. The van der Waals surface area contributed by atoms with E-state index in [9.17, 15) is 14.4 Å². The van der Waals surface area contributed by atoms with Crippen molar-refractivity contribution in [3.63, 3.8) is 0 Å². The molecule has 1 saturated heterocycles. The maximum Gasteiger partial charge on any atom is 0.411 e. The van der Waals surface area contributed by atoms with Crippen LogP contribution >= 0.6 is 0 Å². The molecule has 0 radical (unpaired) electrons. The summed E-state index contributed by atoms with van der Waals surface area (Å²) in [5.74, 6) is -0.971. The lowest BCUT2D eigenvalue weighted by Crippen LogP contribution is -2.27. The second-order valence-corrected chi connectivity index (χ2v) is 7.47. The number of ether oxygens (including phenoxy) is 3. The largest absolute Gasteiger partial charge is 0.493 e. The molecule has 10 nitrogen and oxygen atoms in total. The molecule has 0 aromatic heterocycles. The number of nitrogens with one attached hydrogen (secondary N) is 1. The zero-order valence-corrected chi connectivity index (χ0v) is 19.5. The average Bonchev–Trinajstić information content (AvgIpc) is 3.29. The summed E-state index contributed by atoms with van der Waals surface area (Å²) in [5.41, 5.74) is 0.735. The molecular weight excluding hydrogens is 456 g/mol. The summed E-state index contributed by atoms with van der Waals surface area (Å²) >= 11 is 0. The number of aliphatic carboxylic acids is 2. The number of carboxylic acids is 2.